The first-order chi connectivity index (χ1) is 17.3. The first-order valence-electron chi connectivity index (χ1n) is 11.3. The molecule has 3 aromatic rings. The molecular formula is C26H25N3O6S. The van der Waals surface area contributed by atoms with Crippen molar-refractivity contribution in [3.05, 3.63) is 97.7 Å². The molecule has 3 atom stereocenters. The van der Waals surface area contributed by atoms with Crippen LogP contribution < -0.4 is 5.32 Å². The second-order valence-electron chi connectivity index (χ2n) is 8.54. The van der Waals surface area contributed by atoms with Gasteiger partial charge in [-0.2, -0.15) is 0 Å². The Bertz CT molecular complexity index is 1280. The van der Waals surface area contributed by atoms with Crippen molar-refractivity contribution in [3.8, 4) is 0 Å². The zero-order valence-corrected chi connectivity index (χ0v) is 20.6. The molecule has 0 radical (unpaired) electrons. The minimum absolute atomic E-state index is 0.0275. The summed E-state index contributed by atoms with van der Waals surface area (Å²) in [5.41, 5.74) is 1.90. The van der Waals surface area contributed by atoms with Crippen LogP contribution in [-0.2, 0) is 20.9 Å². The second kappa shape index (κ2) is 10.7. The monoisotopic (exact) mass is 507 g/mol. The van der Waals surface area contributed by atoms with Gasteiger partial charge in [-0.05, 0) is 30.4 Å². The summed E-state index contributed by atoms with van der Waals surface area (Å²) in [6.07, 6.45) is -0.0275. The van der Waals surface area contributed by atoms with Gasteiger partial charge in [-0.3, -0.25) is 24.5 Å². The van der Waals surface area contributed by atoms with Crippen LogP contribution in [0.1, 0.15) is 38.8 Å². The molecule has 0 bridgehead atoms. The highest BCUT2D eigenvalue weighted by atomic mass is 32.1. The van der Waals surface area contributed by atoms with E-state index >= 15 is 0 Å². The number of nitrogens with zero attached hydrogens (tertiary/aromatic N) is 2. The van der Waals surface area contributed by atoms with Gasteiger partial charge in [0.2, 0.25) is 5.91 Å². The number of para-hydroxylation sites is 1. The second-order valence-corrected chi connectivity index (χ2v) is 9.48. The molecule has 1 N–H and O–H groups in total. The summed E-state index contributed by atoms with van der Waals surface area (Å²) in [7, 11) is 1.22. The van der Waals surface area contributed by atoms with Crippen molar-refractivity contribution in [2.45, 2.75) is 32.0 Å². The molecule has 1 aromatic heterocycles. The Labute approximate surface area is 211 Å². The largest absolute Gasteiger partial charge is 0.469 e. The van der Waals surface area contributed by atoms with Crippen LogP contribution in [0.25, 0.3) is 0 Å². The molecule has 0 saturated carbocycles. The Morgan fingerprint density at radius 3 is 2.47 bits per heavy atom. The molecule has 0 aliphatic carbocycles. The third-order valence-electron chi connectivity index (χ3n) is 6.31. The van der Waals surface area contributed by atoms with E-state index in [2.05, 4.69) is 5.32 Å². The smallest absolute Gasteiger partial charge is 0.311 e. The number of nitro groups is 1. The minimum atomic E-state index is -1.05. The topological polar surface area (TPSA) is 119 Å². The van der Waals surface area contributed by atoms with Crippen LogP contribution in [0.3, 0.4) is 0 Å². The van der Waals surface area contributed by atoms with Crippen LogP contribution in [0.5, 0.6) is 0 Å². The van der Waals surface area contributed by atoms with E-state index in [0.717, 1.165) is 11.1 Å². The van der Waals surface area contributed by atoms with Crippen molar-refractivity contribution >= 4 is 34.8 Å². The number of hydrogen-bond donors (Lipinski definition) is 1. The number of ether oxygens (including phenoxy) is 1. The summed E-state index contributed by atoms with van der Waals surface area (Å²) in [5.74, 6) is -2.53. The Kier molecular flexibility index (Phi) is 7.44. The zero-order chi connectivity index (χ0) is 25.8. The number of esters is 1. The van der Waals surface area contributed by atoms with Crippen molar-refractivity contribution in [2.24, 2.45) is 5.92 Å². The van der Waals surface area contributed by atoms with Crippen LogP contribution in [0.15, 0.2) is 66.0 Å². The average molecular weight is 508 g/mol. The predicted octanol–water partition coefficient (Wildman–Crippen LogP) is 4.03. The fourth-order valence-corrected chi connectivity index (χ4v) is 5.23. The molecular weight excluding hydrogens is 482 g/mol. The molecule has 36 heavy (non-hydrogen) atoms. The van der Waals surface area contributed by atoms with E-state index in [1.54, 1.807) is 23.6 Å². The molecule has 1 aliphatic rings. The summed E-state index contributed by atoms with van der Waals surface area (Å²) in [6, 6.07) is 14.9. The molecule has 2 amide bonds. The summed E-state index contributed by atoms with van der Waals surface area (Å²) in [6.45, 7) is 2.19. The number of hydrogen-bond acceptors (Lipinski definition) is 7. The molecule has 2 aromatic carbocycles. The van der Waals surface area contributed by atoms with Crippen molar-refractivity contribution in [2.75, 3.05) is 7.11 Å². The lowest BCUT2D eigenvalue weighted by Crippen LogP contribution is -2.46. The molecule has 0 spiro atoms. The number of carbonyl (C=O) groups excluding carboxylic acids is 3. The number of nitrogens with one attached hydrogen (secondary N) is 1. The van der Waals surface area contributed by atoms with E-state index in [9.17, 15) is 24.5 Å². The molecule has 1 fully saturated rings. The van der Waals surface area contributed by atoms with Crippen molar-refractivity contribution < 1.29 is 24.0 Å². The van der Waals surface area contributed by atoms with Gasteiger partial charge in [0.1, 0.15) is 6.04 Å². The van der Waals surface area contributed by atoms with Gasteiger partial charge >= 0.3 is 5.97 Å². The molecule has 2 heterocycles. The number of likely N-dealkylation sites (tertiary alicyclic amines) is 1. The fourth-order valence-electron chi connectivity index (χ4n) is 4.56. The number of benzene rings is 2. The van der Waals surface area contributed by atoms with Gasteiger partial charge in [-0.25, -0.2) is 0 Å². The van der Waals surface area contributed by atoms with Crippen LogP contribution in [0.4, 0.5) is 5.69 Å². The van der Waals surface area contributed by atoms with Crippen molar-refractivity contribution in [3.63, 3.8) is 0 Å². The maximum Gasteiger partial charge on any atom is 0.311 e. The number of carbonyl (C=O) groups is 3. The molecule has 9 nitrogen and oxygen atoms in total. The molecule has 10 heteroatoms. The molecule has 4 rings (SSSR count). The maximum absolute atomic E-state index is 13.7. The van der Waals surface area contributed by atoms with Gasteiger partial charge in [0.05, 0.1) is 34.4 Å². The molecule has 186 valence electrons. The highest BCUT2D eigenvalue weighted by molar-refractivity contribution is 7.12. The SMILES string of the molecule is COC(=O)C1CC(C(=O)NCc2ccc(C)cc2)N(C(=O)c2cccs2)C1c1ccccc1[N+](=O)[O-]. The van der Waals surface area contributed by atoms with E-state index in [-0.39, 0.29) is 24.2 Å². The lowest BCUT2D eigenvalue weighted by atomic mass is 9.92. The zero-order valence-electron chi connectivity index (χ0n) is 19.7. The van der Waals surface area contributed by atoms with Crippen LogP contribution in [-0.4, -0.2) is 40.8 Å². The minimum Gasteiger partial charge on any atom is -0.469 e. The van der Waals surface area contributed by atoms with Crippen LogP contribution in [0.2, 0.25) is 0 Å². The van der Waals surface area contributed by atoms with Gasteiger partial charge in [-0.1, -0.05) is 54.1 Å². The average Bonchev–Trinajstić information content (AvgIpc) is 3.56. The van der Waals surface area contributed by atoms with Gasteiger partial charge in [-0.15, -0.1) is 11.3 Å². The summed E-state index contributed by atoms with van der Waals surface area (Å²) >= 11 is 1.19. The van der Waals surface area contributed by atoms with Crippen molar-refractivity contribution in [1.29, 1.82) is 0 Å². The maximum atomic E-state index is 13.7. The number of aryl methyl sites for hydroxylation is 1. The summed E-state index contributed by atoms with van der Waals surface area (Å²) < 4.78 is 5.00. The Balaban J connectivity index is 1.75. The Morgan fingerprint density at radius 1 is 1.11 bits per heavy atom. The van der Waals surface area contributed by atoms with E-state index in [1.165, 1.54) is 41.5 Å². The highest BCUT2D eigenvalue weighted by Crippen LogP contribution is 2.45. The standard InChI is InChI=1S/C26H25N3O6S/c1-16-9-11-17(12-10-16)15-27-24(30)21-14-19(26(32)35-2)23(18-6-3-4-7-20(18)29(33)34)28(21)25(31)22-8-5-13-36-22/h3-13,19,21,23H,14-15H2,1-2H3,(H,27,30). The highest BCUT2D eigenvalue weighted by Gasteiger charge is 2.52. The molecule has 1 saturated heterocycles. The number of thiophene rings is 1. The molecule has 1 aliphatic heterocycles. The first-order valence-corrected chi connectivity index (χ1v) is 12.2. The Hall–Kier alpha value is -4.05. The van der Waals surface area contributed by atoms with E-state index in [1.807, 2.05) is 31.2 Å². The fraction of sp³-hybridized carbons (Fsp3) is 0.269. The first kappa shape index (κ1) is 25.1. The number of nitro benzene ring substituents is 1. The van der Waals surface area contributed by atoms with Gasteiger partial charge in [0.15, 0.2) is 0 Å². The summed E-state index contributed by atoms with van der Waals surface area (Å²) in [4.78, 5) is 52.9. The predicted molar refractivity (Wildman–Crippen MR) is 133 cm³/mol. The third-order valence-corrected chi connectivity index (χ3v) is 7.16. The lowest BCUT2D eigenvalue weighted by Gasteiger charge is -2.30. The van der Waals surface area contributed by atoms with Gasteiger partial charge < -0.3 is 15.0 Å². The lowest BCUT2D eigenvalue weighted by molar-refractivity contribution is -0.386. The summed E-state index contributed by atoms with van der Waals surface area (Å²) in [5, 5.41) is 16.4. The Morgan fingerprint density at radius 2 is 1.83 bits per heavy atom. The van der Waals surface area contributed by atoms with E-state index < -0.39 is 40.7 Å². The molecule has 3 unspecified atom stereocenters. The van der Waals surface area contributed by atoms with E-state index in [0.29, 0.717) is 4.88 Å². The van der Waals surface area contributed by atoms with Gasteiger partial charge in [0.25, 0.3) is 11.6 Å². The van der Waals surface area contributed by atoms with Crippen molar-refractivity contribution in [1.82, 2.24) is 10.2 Å². The number of amides is 2. The number of rotatable bonds is 7. The van der Waals surface area contributed by atoms with Crippen LogP contribution in [0, 0.1) is 23.0 Å². The van der Waals surface area contributed by atoms with Crippen LogP contribution >= 0.6 is 11.3 Å². The quantitative estimate of drug-likeness (QED) is 0.293. The number of methoxy groups -OCH3 is 1. The third kappa shape index (κ3) is 4.99. The van der Waals surface area contributed by atoms with Gasteiger partial charge in [0, 0.05) is 12.6 Å². The van der Waals surface area contributed by atoms with E-state index in [4.69, 9.17) is 4.74 Å². The normalized spacial score (nSPS) is 19.1.